The fourth-order valence-corrected chi connectivity index (χ4v) is 2.32. The highest BCUT2D eigenvalue weighted by Crippen LogP contribution is 2.26. The second-order valence-corrected chi connectivity index (χ2v) is 4.86. The van der Waals surface area contributed by atoms with Crippen molar-refractivity contribution in [1.82, 2.24) is 4.90 Å². The summed E-state index contributed by atoms with van der Waals surface area (Å²) in [4.78, 5) is 24.1. The van der Waals surface area contributed by atoms with Crippen LogP contribution in [-0.2, 0) is 4.79 Å². The summed E-state index contributed by atoms with van der Waals surface area (Å²) in [5, 5.41) is 8.97. The van der Waals surface area contributed by atoms with Crippen LogP contribution in [-0.4, -0.2) is 35.0 Å². The summed E-state index contributed by atoms with van der Waals surface area (Å²) in [6.07, 6.45) is 0. The summed E-state index contributed by atoms with van der Waals surface area (Å²) in [6, 6.07) is 1.52. The Balaban J connectivity index is 2.26. The van der Waals surface area contributed by atoms with Gasteiger partial charge in [-0.15, -0.1) is 0 Å². The topological polar surface area (TPSA) is 57.6 Å². The predicted octanol–water partition coefficient (Wildman–Crippen LogP) is 1.90. The average Bonchev–Trinajstić information content (AvgIpc) is 2.78. The lowest BCUT2D eigenvalue weighted by Crippen LogP contribution is -2.30. The zero-order chi connectivity index (χ0) is 15.0. The Morgan fingerprint density at radius 2 is 1.85 bits per heavy atom. The average molecular weight is 287 g/mol. The summed E-state index contributed by atoms with van der Waals surface area (Å²) in [7, 11) is 0. The number of hydrogen-bond donors (Lipinski definition) is 1. The molecule has 0 bridgehead atoms. The molecule has 0 spiro atoms. The van der Waals surface area contributed by atoms with Crippen molar-refractivity contribution >= 4 is 11.9 Å². The summed E-state index contributed by atoms with van der Waals surface area (Å²) in [5.74, 6) is -7.55. The quantitative estimate of drug-likeness (QED) is 0.845. The Kier molecular flexibility index (Phi) is 3.69. The van der Waals surface area contributed by atoms with Gasteiger partial charge < -0.3 is 10.0 Å². The standard InChI is InChI=1S/C13H12F3NO3/c1-6-4-17(5-8(6)13(19)20)12(18)7-2-3-9(14)11(16)10(7)15/h2-3,6,8H,4-5H2,1H3,(H,19,20). The van der Waals surface area contributed by atoms with Gasteiger partial charge in [-0.1, -0.05) is 6.92 Å². The molecule has 0 radical (unpaired) electrons. The molecule has 2 unspecified atom stereocenters. The van der Waals surface area contributed by atoms with Crippen molar-refractivity contribution in [3.05, 3.63) is 35.1 Å². The highest BCUT2D eigenvalue weighted by Gasteiger charge is 2.38. The first-order valence-corrected chi connectivity index (χ1v) is 5.98. The maximum absolute atomic E-state index is 13.5. The van der Waals surface area contributed by atoms with Crippen molar-refractivity contribution in [2.45, 2.75) is 6.92 Å². The van der Waals surface area contributed by atoms with Crippen LogP contribution in [0.3, 0.4) is 0 Å². The van der Waals surface area contributed by atoms with Gasteiger partial charge in [0, 0.05) is 13.1 Å². The fraction of sp³-hybridized carbons (Fsp3) is 0.385. The summed E-state index contributed by atoms with van der Waals surface area (Å²) < 4.78 is 39.5. The van der Waals surface area contributed by atoms with Crippen molar-refractivity contribution < 1.29 is 27.9 Å². The molecule has 1 aromatic carbocycles. The lowest BCUT2D eigenvalue weighted by Gasteiger charge is -2.16. The van der Waals surface area contributed by atoms with Crippen molar-refractivity contribution in [3.8, 4) is 0 Å². The Bertz CT molecular complexity index is 576. The molecule has 0 aliphatic carbocycles. The molecule has 1 fully saturated rings. The van der Waals surface area contributed by atoms with E-state index < -0.39 is 40.8 Å². The van der Waals surface area contributed by atoms with E-state index in [9.17, 15) is 22.8 Å². The van der Waals surface area contributed by atoms with E-state index in [-0.39, 0.29) is 19.0 Å². The molecule has 2 rings (SSSR count). The summed E-state index contributed by atoms with van der Waals surface area (Å²) >= 11 is 0. The number of carbonyl (C=O) groups excluding carboxylic acids is 1. The smallest absolute Gasteiger partial charge is 0.308 e. The molecule has 4 nitrogen and oxygen atoms in total. The molecule has 1 aliphatic heterocycles. The van der Waals surface area contributed by atoms with E-state index in [1.54, 1.807) is 6.92 Å². The molecule has 7 heteroatoms. The van der Waals surface area contributed by atoms with Gasteiger partial charge in [0.15, 0.2) is 17.5 Å². The fourth-order valence-electron chi connectivity index (χ4n) is 2.32. The lowest BCUT2D eigenvalue weighted by atomic mass is 9.99. The van der Waals surface area contributed by atoms with E-state index in [4.69, 9.17) is 5.11 Å². The normalized spacial score (nSPS) is 22.1. The molecule has 0 saturated carbocycles. The van der Waals surface area contributed by atoms with Crippen LogP contribution >= 0.6 is 0 Å². The minimum absolute atomic E-state index is 0.0756. The zero-order valence-corrected chi connectivity index (χ0v) is 10.6. The van der Waals surface area contributed by atoms with Crippen molar-refractivity contribution in [1.29, 1.82) is 0 Å². The second kappa shape index (κ2) is 5.15. The van der Waals surface area contributed by atoms with Crippen LogP contribution in [0.1, 0.15) is 17.3 Å². The van der Waals surface area contributed by atoms with Gasteiger partial charge in [0.2, 0.25) is 0 Å². The van der Waals surface area contributed by atoms with Gasteiger partial charge >= 0.3 is 5.97 Å². The molecule has 2 atom stereocenters. The molecule has 20 heavy (non-hydrogen) atoms. The first kappa shape index (κ1) is 14.4. The van der Waals surface area contributed by atoms with Crippen LogP contribution in [0.4, 0.5) is 13.2 Å². The highest BCUT2D eigenvalue weighted by atomic mass is 19.2. The molecule has 1 amide bonds. The Morgan fingerprint density at radius 3 is 2.40 bits per heavy atom. The number of carboxylic acid groups (broad SMARTS) is 1. The molecule has 0 aromatic heterocycles. The largest absolute Gasteiger partial charge is 0.481 e. The number of hydrogen-bond acceptors (Lipinski definition) is 2. The Morgan fingerprint density at radius 1 is 1.20 bits per heavy atom. The molecule has 1 heterocycles. The first-order chi connectivity index (χ1) is 9.32. The molecule has 1 aliphatic rings. The van der Waals surface area contributed by atoms with Gasteiger partial charge in [-0.3, -0.25) is 9.59 Å². The van der Waals surface area contributed by atoms with Gasteiger partial charge in [0.25, 0.3) is 5.91 Å². The van der Waals surface area contributed by atoms with E-state index in [2.05, 4.69) is 0 Å². The third-order valence-electron chi connectivity index (χ3n) is 3.48. The van der Waals surface area contributed by atoms with E-state index in [0.717, 1.165) is 11.0 Å². The van der Waals surface area contributed by atoms with Crippen LogP contribution in [0, 0.1) is 29.3 Å². The predicted molar refractivity (Wildman–Crippen MR) is 62.5 cm³/mol. The number of nitrogens with zero attached hydrogens (tertiary/aromatic N) is 1. The lowest BCUT2D eigenvalue weighted by molar-refractivity contribution is -0.142. The van der Waals surface area contributed by atoms with Crippen LogP contribution in [0.15, 0.2) is 12.1 Å². The number of rotatable bonds is 2. The van der Waals surface area contributed by atoms with E-state index in [1.165, 1.54) is 0 Å². The Hall–Kier alpha value is -2.05. The summed E-state index contributed by atoms with van der Waals surface area (Å²) in [5.41, 5.74) is -0.595. The van der Waals surface area contributed by atoms with Gasteiger partial charge in [-0.25, -0.2) is 13.2 Å². The molecular weight excluding hydrogens is 275 g/mol. The molecule has 1 saturated heterocycles. The Labute approximate surface area is 112 Å². The number of benzene rings is 1. The monoisotopic (exact) mass is 287 g/mol. The SMILES string of the molecule is CC1CN(C(=O)c2ccc(F)c(F)c2F)CC1C(=O)O. The number of aliphatic carboxylic acids is 1. The number of amides is 1. The molecule has 1 N–H and O–H groups in total. The van der Waals surface area contributed by atoms with Crippen LogP contribution in [0.2, 0.25) is 0 Å². The third-order valence-corrected chi connectivity index (χ3v) is 3.48. The van der Waals surface area contributed by atoms with Gasteiger partial charge in [-0.05, 0) is 18.1 Å². The number of carbonyl (C=O) groups is 2. The van der Waals surface area contributed by atoms with Gasteiger partial charge in [0.1, 0.15) is 0 Å². The van der Waals surface area contributed by atoms with Crippen LogP contribution < -0.4 is 0 Å². The minimum Gasteiger partial charge on any atom is -0.481 e. The van der Waals surface area contributed by atoms with Gasteiger partial charge in [0.05, 0.1) is 11.5 Å². The number of halogens is 3. The van der Waals surface area contributed by atoms with Gasteiger partial charge in [-0.2, -0.15) is 0 Å². The molecular formula is C13H12F3NO3. The number of carboxylic acids is 1. The summed E-state index contributed by atoms with van der Waals surface area (Å²) in [6.45, 7) is 1.72. The van der Waals surface area contributed by atoms with Crippen LogP contribution in [0.25, 0.3) is 0 Å². The third kappa shape index (κ3) is 2.35. The minimum atomic E-state index is -1.71. The van der Waals surface area contributed by atoms with Crippen molar-refractivity contribution in [3.63, 3.8) is 0 Å². The zero-order valence-electron chi connectivity index (χ0n) is 10.6. The van der Waals surface area contributed by atoms with Crippen LogP contribution in [0.5, 0.6) is 0 Å². The maximum atomic E-state index is 13.5. The van der Waals surface area contributed by atoms with E-state index in [1.807, 2.05) is 0 Å². The second-order valence-electron chi connectivity index (χ2n) is 4.86. The molecule has 108 valence electrons. The van der Waals surface area contributed by atoms with Crippen molar-refractivity contribution in [2.75, 3.05) is 13.1 Å². The first-order valence-electron chi connectivity index (χ1n) is 5.98. The number of likely N-dealkylation sites (tertiary alicyclic amines) is 1. The van der Waals surface area contributed by atoms with E-state index in [0.29, 0.717) is 6.07 Å². The highest BCUT2D eigenvalue weighted by molar-refractivity contribution is 5.95. The molecule has 1 aromatic rings. The van der Waals surface area contributed by atoms with Crippen molar-refractivity contribution in [2.24, 2.45) is 11.8 Å². The van der Waals surface area contributed by atoms with E-state index >= 15 is 0 Å². The maximum Gasteiger partial charge on any atom is 0.308 e.